The average molecular weight is 432 g/mol. The minimum Gasteiger partial charge on any atom is -0.497 e. The molecular weight excluding hydrogens is 398 g/mol. The number of benzene rings is 1. The molecule has 3 saturated heterocycles. The van der Waals surface area contributed by atoms with Crippen molar-refractivity contribution in [2.24, 2.45) is 0 Å². The standard InChI is InChI=1S/C23H33N3O3S/c1-17(2)26-21(27)23(10-13-24(14-11-23)19-9-15-30-16-19)25(22(26)28)12-8-18-4-6-20(29-3)7-5-18/h4-7,17,19H,8-16H2,1-3H3. The van der Waals surface area contributed by atoms with Gasteiger partial charge in [0.2, 0.25) is 0 Å². The molecule has 6 nitrogen and oxygen atoms in total. The summed E-state index contributed by atoms with van der Waals surface area (Å²) in [6, 6.07) is 8.36. The molecule has 0 saturated carbocycles. The Morgan fingerprint density at radius 2 is 1.87 bits per heavy atom. The first-order chi connectivity index (χ1) is 14.5. The summed E-state index contributed by atoms with van der Waals surface area (Å²) in [6.45, 7) is 6.23. The summed E-state index contributed by atoms with van der Waals surface area (Å²) in [6.07, 6.45) is 3.46. The van der Waals surface area contributed by atoms with Gasteiger partial charge in [-0.1, -0.05) is 12.1 Å². The minimum absolute atomic E-state index is 0.0117. The Morgan fingerprint density at radius 1 is 1.17 bits per heavy atom. The van der Waals surface area contributed by atoms with Crippen molar-refractivity contribution >= 4 is 23.7 Å². The molecule has 7 heteroatoms. The second-order valence-corrected chi connectivity index (χ2v) is 10.0. The van der Waals surface area contributed by atoms with Gasteiger partial charge in [0.1, 0.15) is 11.3 Å². The third-order valence-corrected chi connectivity index (χ3v) is 8.06. The van der Waals surface area contributed by atoms with E-state index >= 15 is 0 Å². The van der Waals surface area contributed by atoms with E-state index in [1.807, 2.05) is 54.8 Å². The number of amides is 3. The Labute approximate surface area is 183 Å². The van der Waals surface area contributed by atoms with Gasteiger partial charge < -0.3 is 9.64 Å². The van der Waals surface area contributed by atoms with Gasteiger partial charge in [-0.15, -0.1) is 0 Å². The number of hydrogen-bond acceptors (Lipinski definition) is 5. The Hall–Kier alpha value is -1.73. The van der Waals surface area contributed by atoms with Crippen LogP contribution in [-0.4, -0.2) is 82.5 Å². The molecule has 3 aliphatic rings. The number of carbonyl (C=O) groups is 2. The third-order valence-electron chi connectivity index (χ3n) is 6.92. The zero-order valence-corrected chi connectivity index (χ0v) is 19.1. The van der Waals surface area contributed by atoms with Gasteiger partial charge in [0.05, 0.1) is 7.11 Å². The van der Waals surface area contributed by atoms with Crippen LogP contribution >= 0.6 is 11.8 Å². The zero-order valence-electron chi connectivity index (χ0n) is 18.3. The van der Waals surface area contributed by atoms with Gasteiger partial charge in [0, 0.05) is 37.5 Å². The summed E-state index contributed by atoms with van der Waals surface area (Å²) < 4.78 is 5.24. The highest BCUT2D eigenvalue weighted by molar-refractivity contribution is 7.99. The van der Waals surface area contributed by atoms with Crippen molar-refractivity contribution in [3.05, 3.63) is 29.8 Å². The topological polar surface area (TPSA) is 53.1 Å². The maximum atomic E-state index is 13.5. The van der Waals surface area contributed by atoms with Crippen LogP contribution in [0.3, 0.4) is 0 Å². The molecule has 0 N–H and O–H groups in total. The number of piperidine rings is 1. The van der Waals surface area contributed by atoms with Gasteiger partial charge in [0.15, 0.2) is 0 Å². The number of hydrogen-bond donors (Lipinski definition) is 0. The number of thioether (sulfide) groups is 1. The zero-order chi connectivity index (χ0) is 21.3. The van der Waals surface area contributed by atoms with Crippen LogP contribution in [0, 0.1) is 0 Å². The fourth-order valence-corrected chi connectivity index (χ4v) is 6.35. The molecule has 3 aliphatic heterocycles. The summed E-state index contributed by atoms with van der Waals surface area (Å²) in [7, 11) is 1.66. The molecule has 1 atom stereocenters. The first-order valence-corrected chi connectivity index (χ1v) is 12.2. The average Bonchev–Trinajstić information content (AvgIpc) is 3.35. The van der Waals surface area contributed by atoms with Crippen LogP contribution in [-0.2, 0) is 11.2 Å². The summed E-state index contributed by atoms with van der Waals surface area (Å²) in [5.41, 5.74) is 0.477. The first kappa shape index (κ1) is 21.5. The predicted molar refractivity (Wildman–Crippen MR) is 120 cm³/mol. The summed E-state index contributed by atoms with van der Waals surface area (Å²) in [5, 5.41) is 0. The van der Waals surface area contributed by atoms with E-state index in [1.165, 1.54) is 22.8 Å². The molecule has 1 aromatic rings. The number of rotatable bonds is 6. The van der Waals surface area contributed by atoms with Crippen LogP contribution in [0.2, 0.25) is 0 Å². The van der Waals surface area contributed by atoms with Crippen molar-refractivity contribution in [3.63, 3.8) is 0 Å². The fourth-order valence-electron chi connectivity index (χ4n) is 5.09. The number of nitrogens with zero attached hydrogens (tertiary/aromatic N) is 3. The van der Waals surface area contributed by atoms with Crippen molar-refractivity contribution in [2.75, 3.05) is 38.2 Å². The Kier molecular flexibility index (Phi) is 6.30. The molecule has 3 fully saturated rings. The number of methoxy groups -OCH3 is 1. The molecular formula is C23H33N3O3S. The van der Waals surface area contributed by atoms with Crippen molar-refractivity contribution in [1.82, 2.24) is 14.7 Å². The second kappa shape index (κ2) is 8.79. The predicted octanol–water partition coefficient (Wildman–Crippen LogP) is 3.25. The van der Waals surface area contributed by atoms with Crippen LogP contribution in [0.4, 0.5) is 4.79 Å². The normalized spacial score (nSPS) is 24.5. The summed E-state index contributed by atoms with van der Waals surface area (Å²) >= 11 is 2.02. The molecule has 30 heavy (non-hydrogen) atoms. The van der Waals surface area contributed by atoms with Gasteiger partial charge in [-0.05, 0) is 63.0 Å². The van der Waals surface area contributed by atoms with E-state index in [2.05, 4.69) is 4.90 Å². The molecule has 1 unspecified atom stereocenters. The number of imide groups is 1. The van der Waals surface area contributed by atoms with Gasteiger partial charge in [-0.2, -0.15) is 11.8 Å². The van der Waals surface area contributed by atoms with Gasteiger partial charge >= 0.3 is 6.03 Å². The maximum absolute atomic E-state index is 13.5. The smallest absolute Gasteiger partial charge is 0.327 e. The van der Waals surface area contributed by atoms with Crippen molar-refractivity contribution in [2.45, 2.75) is 57.2 Å². The fraction of sp³-hybridized carbons (Fsp3) is 0.652. The molecule has 3 heterocycles. The van der Waals surface area contributed by atoms with Gasteiger partial charge in [0.25, 0.3) is 5.91 Å². The molecule has 1 aromatic carbocycles. The Bertz CT molecular complexity index is 768. The summed E-state index contributed by atoms with van der Waals surface area (Å²) in [4.78, 5) is 32.7. The van der Waals surface area contributed by atoms with Crippen molar-refractivity contribution in [3.8, 4) is 5.75 Å². The molecule has 164 valence electrons. The lowest BCUT2D eigenvalue weighted by atomic mass is 9.84. The molecule has 1 spiro atoms. The van der Waals surface area contributed by atoms with Gasteiger partial charge in [-0.25, -0.2) is 4.79 Å². The van der Waals surface area contributed by atoms with E-state index in [9.17, 15) is 9.59 Å². The molecule has 0 aromatic heterocycles. The van der Waals surface area contributed by atoms with Crippen LogP contribution < -0.4 is 4.74 Å². The molecule has 0 bridgehead atoms. The highest BCUT2D eigenvalue weighted by Gasteiger charge is 2.58. The largest absolute Gasteiger partial charge is 0.497 e. The SMILES string of the molecule is COc1ccc(CCN2C(=O)N(C(C)C)C(=O)C23CCN(C2CCSC2)CC3)cc1. The quantitative estimate of drug-likeness (QED) is 0.647. The Balaban J connectivity index is 1.51. The number of ether oxygens (including phenoxy) is 1. The molecule has 0 radical (unpaired) electrons. The van der Waals surface area contributed by atoms with E-state index in [-0.39, 0.29) is 18.0 Å². The third kappa shape index (κ3) is 3.82. The van der Waals surface area contributed by atoms with Crippen LogP contribution in [0.1, 0.15) is 38.7 Å². The van der Waals surface area contributed by atoms with E-state index in [1.54, 1.807) is 7.11 Å². The van der Waals surface area contributed by atoms with Crippen molar-refractivity contribution < 1.29 is 14.3 Å². The lowest BCUT2D eigenvalue weighted by molar-refractivity contribution is -0.136. The summed E-state index contributed by atoms with van der Waals surface area (Å²) in [5.74, 6) is 3.27. The lowest BCUT2D eigenvalue weighted by Crippen LogP contribution is -2.58. The number of carbonyl (C=O) groups excluding carboxylic acids is 2. The van der Waals surface area contributed by atoms with Crippen LogP contribution in [0.15, 0.2) is 24.3 Å². The maximum Gasteiger partial charge on any atom is 0.327 e. The van der Waals surface area contributed by atoms with Crippen molar-refractivity contribution in [1.29, 1.82) is 0 Å². The number of likely N-dealkylation sites (tertiary alicyclic amines) is 1. The van der Waals surface area contributed by atoms with Gasteiger partial charge in [-0.3, -0.25) is 14.6 Å². The molecule has 4 rings (SSSR count). The monoisotopic (exact) mass is 431 g/mol. The second-order valence-electron chi connectivity index (χ2n) is 8.89. The first-order valence-electron chi connectivity index (χ1n) is 11.1. The van der Waals surface area contributed by atoms with E-state index in [0.717, 1.165) is 43.7 Å². The van der Waals surface area contributed by atoms with Crippen LogP contribution in [0.25, 0.3) is 0 Å². The van der Waals surface area contributed by atoms with E-state index in [0.29, 0.717) is 12.6 Å². The highest BCUT2D eigenvalue weighted by atomic mass is 32.2. The minimum atomic E-state index is -0.671. The molecule has 0 aliphatic carbocycles. The van der Waals surface area contributed by atoms with E-state index in [4.69, 9.17) is 4.74 Å². The van der Waals surface area contributed by atoms with E-state index < -0.39 is 5.54 Å². The molecule has 3 amide bonds. The van der Waals surface area contributed by atoms with Crippen LogP contribution in [0.5, 0.6) is 5.75 Å². The lowest BCUT2D eigenvalue weighted by Gasteiger charge is -2.44. The highest BCUT2D eigenvalue weighted by Crippen LogP contribution is 2.39. The Morgan fingerprint density at radius 3 is 2.43 bits per heavy atom. The number of urea groups is 1.